The van der Waals surface area contributed by atoms with Crippen LogP contribution in [0.4, 0.5) is 5.69 Å². The third kappa shape index (κ3) is 2.11. The van der Waals surface area contributed by atoms with Crippen LogP contribution in [-0.4, -0.2) is 30.5 Å². The highest BCUT2D eigenvalue weighted by molar-refractivity contribution is 5.97. The van der Waals surface area contributed by atoms with E-state index in [0.29, 0.717) is 5.92 Å². The third-order valence-electron chi connectivity index (χ3n) is 3.29. The third-order valence-corrected chi connectivity index (χ3v) is 3.29. The summed E-state index contributed by atoms with van der Waals surface area (Å²) in [5.41, 5.74) is 0.972. The van der Waals surface area contributed by atoms with Crippen LogP contribution in [0.2, 0.25) is 0 Å². The van der Waals surface area contributed by atoms with Gasteiger partial charge >= 0.3 is 0 Å². The normalized spacial score (nSPS) is 26.9. The Balaban J connectivity index is 2.21. The molecule has 2 N–H and O–H groups in total. The minimum absolute atomic E-state index is 0.0487. The van der Waals surface area contributed by atoms with Crippen molar-refractivity contribution in [2.24, 2.45) is 5.92 Å². The van der Waals surface area contributed by atoms with Gasteiger partial charge in [0.15, 0.2) is 0 Å². The van der Waals surface area contributed by atoms with E-state index in [9.17, 15) is 4.79 Å². The first-order chi connectivity index (χ1) is 7.72. The summed E-state index contributed by atoms with van der Waals surface area (Å²) in [4.78, 5) is 17.1. The molecular weight excluding hydrogens is 202 g/mol. The summed E-state index contributed by atoms with van der Waals surface area (Å²) in [5, 5.41) is 3.11. The first kappa shape index (κ1) is 11.2. The Morgan fingerprint density at radius 1 is 1.56 bits per heavy atom. The van der Waals surface area contributed by atoms with Crippen molar-refractivity contribution >= 4 is 11.6 Å². The minimum atomic E-state index is -0.0487. The zero-order valence-corrected chi connectivity index (χ0v) is 9.86. The maximum absolute atomic E-state index is 12.3. The standard InChI is InChI=1S/C12H19N3O/c1-9-4-6-15(10-3-5-14-8-10)12(16)11(7-9)13-2/h3,5,8-9,11,13-14H,4,6-7H2,1-2H3. The average molecular weight is 221 g/mol. The van der Waals surface area contributed by atoms with Crippen LogP contribution >= 0.6 is 0 Å². The number of anilines is 1. The van der Waals surface area contributed by atoms with Crippen molar-refractivity contribution in [3.63, 3.8) is 0 Å². The predicted molar refractivity (Wildman–Crippen MR) is 64.4 cm³/mol. The first-order valence-corrected chi connectivity index (χ1v) is 5.84. The summed E-state index contributed by atoms with van der Waals surface area (Å²) in [6, 6.07) is 1.90. The molecular formula is C12H19N3O. The number of amides is 1. The van der Waals surface area contributed by atoms with Gasteiger partial charge < -0.3 is 15.2 Å². The van der Waals surface area contributed by atoms with E-state index in [1.165, 1.54) is 0 Å². The number of nitrogens with one attached hydrogen (secondary N) is 2. The van der Waals surface area contributed by atoms with E-state index in [0.717, 1.165) is 25.1 Å². The number of rotatable bonds is 2. The highest BCUT2D eigenvalue weighted by Crippen LogP contribution is 2.23. The summed E-state index contributed by atoms with van der Waals surface area (Å²) in [6.07, 6.45) is 5.72. The van der Waals surface area contributed by atoms with E-state index in [-0.39, 0.29) is 11.9 Å². The van der Waals surface area contributed by atoms with E-state index >= 15 is 0 Å². The Kier molecular flexibility index (Phi) is 3.29. The molecule has 4 nitrogen and oxygen atoms in total. The maximum atomic E-state index is 12.3. The largest absolute Gasteiger partial charge is 0.366 e. The lowest BCUT2D eigenvalue weighted by Crippen LogP contribution is -2.44. The first-order valence-electron chi connectivity index (χ1n) is 5.84. The van der Waals surface area contributed by atoms with Gasteiger partial charge in [-0.2, -0.15) is 0 Å². The van der Waals surface area contributed by atoms with Gasteiger partial charge in [0.25, 0.3) is 0 Å². The average Bonchev–Trinajstić information content (AvgIpc) is 2.75. The highest BCUT2D eigenvalue weighted by Gasteiger charge is 2.29. The van der Waals surface area contributed by atoms with Gasteiger partial charge in [-0.3, -0.25) is 4.79 Å². The fraction of sp³-hybridized carbons (Fsp3) is 0.583. The number of H-pyrrole nitrogens is 1. The van der Waals surface area contributed by atoms with Crippen LogP contribution < -0.4 is 10.2 Å². The molecule has 0 bridgehead atoms. The molecule has 2 atom stereocenters. The zero-order valence-electron chi connectivity index (χ0n) is 9.86. The zero-order chi connectivity index (χ0) is 11.5. The number of aromatic nitrogens is 1. The fourth-order valence-electron chi connectivity index (χ4n) is 2.25. The second kappa shape index (κ2) is 4.70. The number of nitrogens with zero attached hydrogens (tertiary/aromatic N) is 1. The highest BCUT2D eigenvalue weighted by atomic mass is 16.2. The number of aromatic amines is 1. The topological polar surface area (TPSA) is 48.1 Å². The SMILES string of the molecule is CNC1CC(C)CCN(c2cc[nH]c2)C1=O. The van der Waals surface area contributed by atoms with Crippen molar-refractivity contribution in [3.05, 3.63) is 18.5 Å². The Morgan fingerprint density at radius 2 is 2.38 bits per heavy atom. The van der Waals surface area contributed by atoms with Crippen molar-refractivity contribution in [1.82, 2.24) is 10.3 Å². The summed E-state index contributed by atoms with van der Waals surface area (Å²) in [7, 11) is 1.86. The monoisotopic (exact) mass is 221 g/mol. The van der Waals surface area contributed by atoms with E-state index in [1.54, 1.807) is 0 Å². The van der Waals surface area contributed by atoms with E-state index in [4.69, 9.17) is 0 Å². The van der Waals surface area contributed by atoms with Gasteiger partial charge in [0.05, 0.1) is 11.7 Å². The number of hydrogen-bond acceptors (Lipinski definition) is 2. The number of hydrogen-bond donors (Lipinski definition) is 2. The molecule has 4 heteroatoms. The minimum Gasteiger partial charge on any atom is -0.366 e. The van der Waals surface area contributed by atoms with E-state index in [1.807, 2.05) is 30.4 Å². The quantitative estimate of drug-likeness (QED) is 0.792. The molecule has 2 heterocycles. The van der Waals surface area contributed by atoms with Crippen molar-refractivity contribution in [2.45, 2.75) is 25.8 Å². The van der Waals surface area contributed by atoms with Crippen molar-refractivity contribution in [3.8, 4) is 0 Å². The smallest absolute Gasteiger partial charge is 0.244 e. The maximum Gasteiger partial charge on any atom is 0.244 e. The van der Waals surface area contributed by atoms with Gasteiger partial charge in [-0.1, -0.05) is 6.92 Å². The molecule has 1 saturated heterocycles. The molecule has 0 saturated carbocycles. The van der Waals surface area contributed by atoms with Gasteiger partial charge in [-0.25, -0.2) is 0 Å². The molecule has 16 heavy (non-hydrogen) atoms. The molecule has 0 radical (unpaired) electrons. The van der Waals surface area contributed by atoms with Gasteiger partial charge in [-0.05, 0) is 31.9 Å². The molecule has 1 fully saturated rings. The van der Waals surface area contributed by atoms with Gasteiger partial charge in [0.2, 0.25) is 5.91 Å². The van der Waals surface area contributed by atoms with Crippen LogP contribution in [0, 0.1) is 5.92 Å². The lowest BCUT2D eigenvalue weighted by molar-refractivity contribution is -0.120. The number of likely N-dealkylation sites (N-methyl/N-ethyl adjacent to an activating group) is 1. The molecule has 1 aromatic rings. The van der Waals surface area contributed by atoms with Crippen LogP contribution in [-0.2, 0) is 4.79 Å². The molecule has 2 unspecified atom stereocenters. The van der Waals surface area contributed by atoms with E-state index in [2.05, 4.69) is 17.2 Å². The van der Waals surface area contributed by atoms with Crippen LogP contribution in [0.15, 0.2) is 18.5 Å². The van der Waals surface area contributed by atoms with Crippen LogP contribution in [0.1, 0.15) is 19.8 Å². The molecule has 0 spiro atoms. The van der Waals surface area contributed by atoms with Gasteiger partial charge in [-0.15, -0.1) is 0 Å². The molecule has 2 rings (SSSR count). The summed E-state index contributed by atoms with van der Waals surface area (Å²) in [5.74, 6) is 0.775. The number of carbonyl (C=O) groups is 1. The molecule has 0 aromatic carbocycles. The van der Waals surface area contributed by atoms with Gasteiger partial charge in [0, 0.05) is 18.9 Å². The van der Waals surface area contributed by atoms with Crippen molar-refractivity contribution in [2.75, 3.05) is 18.5 Å². The second-order valence-corrected chi connectivity index (χ2v) is 4.53. The van der Waals surface area contributed by atoms with Crippen LogP contribution in [0.25, 0.3) is 0 Å². The molecule has 1 amide bonds. The fourth-order valence-corrected chi connectivity index (χ4v) is 2.25. The Morgan fingerprint density at radius 3 is 3.00 bits per heavy atom. The second-order valence-electron chi connectivity index (χ2n) is 4.53. The number of carbonyl (C=O) groups excluding carboxylic acids is 1. The Bertz CT molecular complexity index is 347. The van der Waals surface area contributed by atoms with Crippen LogP contribution in [0.3, 0.4) is 0 Å². The summed E-state index contributed by atoms with van der Waals surface area (Å²) >= 11 is 0. The molecule has 0 aliphatic carbocycles. The van der Waals surface area contributed by atoms with Gasteiger partial charge in [0.1, 0.15) is 0 Å². The lowest BCUT2D eigenvalue weighted by Gasteiger charge is -2.22. The molecule has 88 valence electrons. The Hall–Kier alpha value is -1.29. The lowest BCUT2D eigenvalue weighted by atomic mass is 10.0. The summed E-state index contributed by atoms with van der Waals surface area (Å²) in [6.45, 7) is 3.02. The molecule has 1 aromatic heterocycles. The summed E-state index contributed by atoms with van der Waals surface area (Å²) < 4.78 is 0. The van der Waals surface area contributed by atoms with Crippen molar-refractivity contribution < 1.29 is 4.79 Å². The van der Waals surface area contributed by atoms with Crippen LogP contribution in [0.5, 0.6) is 0 Å². The van der Waals surface area contributed by atoms with E-state index < -0.39 is 0 Å². The molecule has 1 aliphatic heterocycles. The Labute approximate surface area is 96.0 Å². The molecule has 1 aliphatic rings. The van der Waals surface area contributed by atoms with Crippen molar-refractivity contribution in [1.29, 1.82) is 0 Å². The predicted octanol–water partition coefficient (Wildman–Crippen LogP) is 1.37.